The van der Waals surface area contributed by atoms with Crippen molar-refractivity contribution in [1.82, 2.24) is 9.78 Å². The fourth-order valence-electron chi connectivity index (χ4n) is 2.45. The number of aryl methyl sites for hydroxylation is 1. The minimum absolute atomic E-state index is 0.0269. The number of halogens is 2. The van der Waals surface area contributed by atoms with Gasteiger partial charge in [0.25, 0.3) is 5.91 Å². The van der Waals surface area contributed by atoms with Crippen LogP contribution in [-0.2, 0) is 6.54 Å². The molecule has 0 aliphatic rings. The van der Waals surface area contributed by atoms with E-state index in [0.29, 0.717) is 12.2 Å². The molecule has 1 aromatic heterocycles. The Morgan fingerprint density at radius 2 is 1.92 bits per heavy atom. The summed E-state index contributed by atoms with van der Waals surface area (Å²) in [5, 5.41) is 6.84. The Labute approximate surface area is 149 Å². The molecule has 134 valence electrons. The van der Waals surface area contributed by atoms with Gasteiger partial charge in [-0.25, -0.2) is 0 Å². The van der Waals surface area contributed by atoms with E-state index in [2.05, 4.69) is 15.2 Å². The number of carbonyl (C=O) groups excluding carboxylic acids is 1. The summed E-state index contributed by atoms with van der Waals surface area (Å²) in [7, 11) is 0. The van der Waals surface area contributed by atoms with Crippen LogP contribution >= 0.6 is 0 Å². The van der Waals surface area contributed by atoms with E-state index in [1.807, 2.05) is 31.2 Å². The second-order valence-electron chi connectivity index (χ2n) is 5.74. The van der Waals surface area contributed by atoms with Crippen LogP contribution in [0.5, 0.6) is 5.75 Å². The van der Waals surface area contributed by atoms with E-state index in [4.69, 9.17) is 0 Å². The Balaban J connectivity index is 1.69. The summed E-state index contributed by atoms with van der Waals surface area (Å²) < 4.78 is 31.0. The minimum atomic E-state index is -3.00. The Morgan fingerprint density at radius 1 is 1.19 bits per heavy atom. The molecule has 2 aromatic carbocycles. The maximum atomic E-state index is 12.5. The number of aromatic nitrogens is 2. The van der Waals surface area contributed by atoms with Crippen LogP contribution in [0.1, 0.15) is 21.5 Å². The average molecular weight is 357 g/mol. The van der Waals surface area contributed by atoms with Crippen LogP contribution in [0.2, 0.25) is 0 Å². The maximum absolute atomic E-state index is 12.5. The van der Waals surface area contributed by atoms with E-state index in [1.54, 1.807) is 16.9 Å². The van der Waals surface area contributed by atoms with Crippen molar-refractivity contribution in [1.29, 1.82) is 0 Å². The number of alkyl halides is 2. The smallest absolute Gasteiger partial charge is 0.387 e. The number of para-hydroxylation sites is 1. The Bertz CT molecular complexity index is 892. The van der Waals surface area contributed by atoms with Gasteiger partial charge < -0.3 is 10.1 Å². The van der Waals surface area contributed by atoms with E-state index in [-0.39, 0.29) is 11.3 Å². The fourth-order valence-corrected chi connectivity index (χ4v) is 2.45. The molecular formula is C19H17F2N3O2. The molecule has 3 aromatic rings. The number of hydrogen-bond acceptors (Lipinski definition) is 3. The molecule has 0 atom stereocenters. The average Bonchev–Trinajstić information content (AvgIpc) is 3.04. The lowest BCUT2D eigenvalue weighted by Crippen LogP contribution is -2.14. The third-order valence-corrected chi connectivity index (χ3v) is 3.70. The molecule has 0 spiro atoms. The predicted octanol–water partition coefficient (Wildman–Crippen LogP) is 4.09. The SMILES string of the molecule is Cc1ccc(Cn2cc(NC(=O)c3ccccc3OC(F)F)cn2)cc1. The number of benzene rings is 2. The first kappa shape index (κ1) is 17.6. The largest absolute Gasteiger partial charge is 0.434 e. The first-order chi connectivity index (χ1) is 12.5. The summed E-state index contributed by atoms with van der Waals surface area (Å²) in [6, 6.07) is 13.9. The first-order valence-corrected chi connectivity index (χ1v) is 7.94. The fraction of sp³-hybridized carbons (Fsp3) is 0.158. The lowest BCUT2D eigenvalue weighted by molar-refractivity contribution is -0.0501. The molecule has 0 saturated heterocycles. The number of rotatable bonds is 6. The number of anilines is 1. The van der Waals surface area contributed by atoms with E-state index in [1.165, 1.54) is 30.0 Å². The van der Waals surface area contributed by atoms with Crippen molar-refractivity contribution in [3.8, 4) is 5.75 Å². The summed E-state index contributed by atoms with van der Waals surface area (Å²) in [6.07, 6.45) is 3.18. The topological polar surface area (TPSA) is 56.2 Å². The Morgan fingerprint density at radius 3 is 2.65 bits per heavy atom. The molecule has 0 fully saturated rings. The van der Waals surface area contributed by atoms with Crippen molar-refractivity contribution in [3.05, 3.63) is 77.6 Å². The van der Waals surface area contributed by atoms with E-state index < -0.39 is 12.5 Å². The van der Waals surface area contributed by atoms with Gasteiger partial charge in [-0.2, -0.15) is 13.9 Å². The number of hydrogen-bond donors (Lipinski definition) is 1. The van der Waals surface area contributed by atoms with E-state index >= 15 is 0 Å². The molecule has 1 heterocycles. The van der Waals surface area contributed by atoms with Crippen LogP contribution < -0.4 is 10.1 Å². The summed E-state index contributed by atoms with van der Waals surface area (Å²) >= 11 is 0. The van der Waals surface area contributed by atoms with Crippen molar-refractivity contribution in [2.45, 2.75) is 20.1 Å². The van der Waals surface area contributed by atoms with Crippen molar-refractivity contribution < 1.29 is 18.3 Å². The van der Waals surface area contributed by atoms with Crippen molar-refractivity contribution in [2.24, 2.45) is 0 Å². The Kier molecular flexibility index (Phi) is 5.26. The van der Waals surface area contributed by atoms with Gasteiger partial charge in [0.05, 0.1) is 24.0 Å². The van der Waals surface area contributed by atoms with Gasteiger partial charge in [0.1, 0.15) is 5.75 Å². The van der Waals surface area contributed by atoms with Gasteiger partial charge in [0.2, 0.25) is 0 Å². The van der Waals surface area contributed by atoms with Crippen LogP contribution in [0.25, 0.3) is 0 Å². The summed E-state index contributed by atoms with van der Waals surface area (Å²) in [4.78, 5) is 12.3. The van der Waals surface area contributed by atoms with Crippen molar-refractivity contribution in [2.75, 3.05) is 5.32 Å². The summed E-state index contributed by atoms with van der Waals surface area (Å²) in [6.45, 7) is -0.427. The molecule has 0 saturated carbocycles. The standard InChI is InChI=1S/C19H17F2N3O2/c1-13-6-8-14(9-7-13)11-24-12-15(10-22-24)23-18(25)16-4-2-3-5-17(16)26-19(20)21/h2-10,12,19H,11H2,1H3,(H,23,25). The lowest BCUT2D eigenvalue weighted by Gasteiger charge is -2.09. The number of nitrogens with zero attached hydrogens (tertiary/aromatic N) is 2. The van der Waals surface area contributed by atoms with Gasteiger partial charge >= 0.3 is 6.61 Å². The van der Waals surface area contributed by atoms with Gasteiger partial charge in [-0.1, -0.05) is 42.0 Å². The quantitative estimate of drug-likeness (QED) is 0.723. The molecule has 1 amide bonds. The molecule has 5 nitrogen and oxygen atoms in total. The number of carbonyl (C=O) groups is 1. The second kappa shape index (κ2) is 7.77. The summed E-state index contributed by atoms with van der Waals surface area (Å²) in [5.41, 5.74) is 2.74. The predicted molar refractivity (Wildman–Crippen MR) is 93.5 cm³/mol. The summed E-state index contributed by atoms with van der Waals surface area (Å²) in [5.74, 6) is -0.719. The number of nitrogens with one attached hydrogen (secondary N) is 1. The monoisotopic (exact) mass is 357 g/mol. The van der Waals surface area contributed by atoms with Crippen LogP contribution in [0.3, 0.4) is 0 Å². The molecule has 0 bridgehead atoms. The third kappa shape index (κ3) is 4.44. The molecule has 0 aliphatic carbocycles. The van der Waals surface area contributed by atoms with Gasteiger partial charge in [0, 0.05) is 6.20 Å². The number of amides is 1. The van der Waals surface area contributed by atoms with Crippen LogP contribution in [0.4, 0.5) is 14.5 Å². The highest BCUT2D eigenvalue weighted by Gasteiger charge is 2.16. The zero-order valence-electron chi connectivity index (χ0n) is 14.0. The normalized spacial score (nSPS) is 10.8. The van der Waals surface area contributed by atoms with Crippen molar-refractivity contribution in [3.63, 3.8) is 0 Å². The van der Waals surface area contributed by atoms with Gasteiger partial charge in [-0.3, -0.25) is 9.48 Å². The molecule has 7 heteroatoms. The molecular weight excluding hydrogens is 340 g/mol. The van der Waals surface area contributed by atoms with Crippen molar-refractivity contribution >= 4 is 11.6 Å². The molecule has 0 aliphatic heterocycles. The third-order valence-electron chi connectivity index (χ3n) is 3.70. The molecule has 26 heavy (non-hydrogen) atoms. The maximum Gasteiger partial charge on any atom is 0.387 e. The highest BCUT2D eigenvalue weighted by molar-refractivity contribution is 6.06. The van der Waals surface area contributed by atoms with Crippen LogP contribution in [0, 0.1) is 6.92 Å². The van der Waals surface area contributed by atoms with E-state index in [0.717, 1.165) is 5.56 Å². The molecule has 0 radical (unpaired) electrons. The molecule has 0 unspecified atom stereocenters. The second-order valence-corrected chi connectivity index (χ2v) is 5.74. The zero-order chi connectivity index (χ0) is 18.5. The highest BCUT2D eigenvalue weighted by atomic mass is 19.3. The first-order valence-electron chi connectivity index (χ1n) is 7.94. The lowest BCUT2D eigenvalue weighted by atomic mass is 10.1. The number of ether oxygens (including phenoxy) is 1. The minimum Gasteiger partial charge on any atom is -0.434 e. The van der Waals surface area contributed by atoms with E-state index in [9.17, 15) is 13.6 Å². The van der Waals surface area contributed by atoms with Gasteiger partial charge in [0.15, 0.2) is 0 Å². The molecule has 3 rings (SSSR count). The van der Waals surface area contributed by atoms with Crippen LogP contribution in [0.15, 0.2) is 60.9 Å². The van der Waals surface area contributed by atoms with Gasteiger partial charge in [-0.15, -0.1) is 0 Å². The highest BCUT2D eigenvalue weighted by Crippen LogP contribution is 2.21. The molecule has 1 N–H and O–H groups in total. The zero-order valence-corrected chi connectivity index (χ0v) is 14.0. The van der Waals surface area contributed by atoms with Gasteiger partial charge in [-0.05, 0) is 24.6 Å². The van der Waals surface area contributed by atoms with Crippen LogP contribution in [-0.4, -0.2) is 22.3 Å². The Hall–Kier alpha value is -3.22.